The van der Waals surface area contributed by atoms with Crippen LogP contribution < -0.4 is 16.2 Å². The Balaban J connectivity index is 1.75. The van der Waals surface area contributed by atoms with Crippen molar-refractivity contribution < 1.29 is 9.59 Å². The summed E-state index contributed by atoms with van der Waals surface area (Å²) in [5.74, 6) is -0.110. The number of H-pyrrole nitrogens is 1. The molecule has 0 saturated heterocycles. The number of hydrogen-bond acceptors (Lipinski definition) is 3. The first-order chi connectivity index (χ1) is 11.6. The minimum absolute atomic E-state index is 0.0420. The van der Waals surface area contributed by atoms with Crippen molar-refractivity contribution in [1.82, 2.24) is 15.6 Å². The van der Waals surface area contributed by atoms with Gasteiger partial charge in [-0.15, -0.1) is 0 Å². The first kappa shape index (κ1) is 17.7. The van der Waals surface area contributed by atoms with Gasteiger partial charge in [0.15, 0.2) is 0 Å². The van der Waals surface area contributed by atoms with E-state index in [0.29, 0.717) is 25.1 Å². The van der Waals surface area contributed by atoms with Gasteiger partial charge in [0.25, 0.3) is 5.56 Å². The maximum absolute atomic E-state index is 12.0. The lowest BCUT2D eigenvalue weighted by molar-refractivity contribution is -0.121. The second-order valence-electron chi connectivity index (χ2n) is 5.75. The molecule has 0 aliphatic heterocycles. The fourth-order valence-corrected chi connectivity index (χ4v) is 2.46. The van der Waals surface area contributed by atoms with Crippen LogP contribution in [0.15, 0.2) is 35.1 Å². The highest BCUT2D eigenvalue weighted by molar-refractivity contribution is 5.79. The van der Waals surface area contributed by atoms with Crippen molar-refractivity contribution in [1.29, 1.82) is 0 Å². The molecule has 0 atom stereocenters. The van der Waals surface area contributed by atoms with Crippen LogP contribution in [-0.2, 0) is 16.0 Å². The second-order valence-corrected chi connectivity index (χ2v) is 5.75. The van der Waals surface area contributed by atoms with Gasteiger partial charge in [-0.3, -0.25) is 14.4 Å². The Morgan fingerprint density at radius 1 is 1.08 bits per heavy atom. The van der Waals surface area contributed by atoms with Crippen molar-refractivity contribution in [3.63, 3.8) is 0 Å². The van der Waals surface area contributed by atoms with Gasteiger partial charge in [-0.05, 0) is 36.8 Å². The first-order valence-corrected chi connectivity index (χ1v) is 8.18. The van der Waals surface area contributed by atoms with Crippen molar-refractivity contribution >= 4 is 22.7 Å². The van der Waals surface area contributed by atoms with E-state index < -0.39 is 0 Å². The summed E-state index contributed by atoms with van der Waals surface area (Å²) < 4.78 is 0. The third kappa shape index (κ3) is 5.53. The average Bonchev–Trinajstić information content (AvgIpc) is 2.55. The number of carbonyl (C=O) groups is 2. The van der Waals surface area contributed by atoms with Gasteiger partial charge in [0.2, 0.25) is 11.8 Å². The Hall–Kier alpha value is -2.63. The Kier molecular flexibility index (Phi) is 6.54. The summed E-state index contributed by atoms with van der Waals surface area (Å²) in [4.78, 5) is 37.4. The summed E-state index contributed by atoms with van der Waals surface area (Å²) in [5, 5.41) is 6.51. The molecule has 0 aliphatic carbocycles. The van der Waals surface area contributed by atoms with Gasteiger partial charge in [-0.2, -0.15) is 0 Å². The number of para-hydroxylation sites is 1. The Bertz CT molecular complexity index is 767. The number of aromatic nitrogens is 1. The molecule has 0 aliphatic rings. The molecule has 0 saturated carbocycles. The number of carbonyl (C=O) groups excluding carboxylic acids is 2. The molecular weight excluding hydrogens is 306 g/mol. The molecule has 0 unspecified atom stereocenters. The maximum atomic E-state index is 12.0. The van der Waals surface area contributed by atoms with Crippen LogP contribution in [0.2, 0.25) is 0 Å². The molecule has 6 heteroatoms. The molecule has 1 aromatic heterocycles. The van der Waals surface area contributed by atoms with Crippen LogP contribution in [0, 0.1) is 0 Å². The number of unbranched alkanes of at least 4 members (excludes halogenated alkanes) is 1. The zero-order chi connectivity index (χ0) is 17.4. The van der Waals surface area contributed by atoms with Crippen molar-refractivity contribution in [2.24, 2.45) is 0 Å². The van der Waals surface area contributed by atoms with Crippen LogP contribution in [0.5, 0.6) is 0 Å². The molecule has 0 radical (unpaired) electrons. The van der Waals surface area contributed by atoms with E-state index in [0.717, 1.165) is 23.7 Å². The predicted octanol–water partition coefficient (Wildman–Crippen LogP) is 1.49. The fourth-order valence-electron chi connectivity index (χ4n) is 2.46. The summed E-state index contributed by atoms with van der Waals surface area (Å²) in [6.45, 7) is 2.68. The lowest BCUT2D eigenvalue weighted by atomic mass is 10.1. The van der Waals surface area contributed by atoms with Gasteiger partial charge in [-0.1, -0.05) is 18.2 Å². The maximum Gasteiger partial charge on any atom is 0.251 e. The Labute approximate surface area is 140 Å². The summed E-state index contributed by atoms with van der Waals surface area (Å²) in [7, 11) is 0. The fraction of sp³-hybridized carbons (Fsp3) is 0.389. The molecule has 2 rings (SSSR count). The molecular formula is C18H23N3O3. The quantitative estimate of drug-likeness (QED) is 0.641. The van der Waals surface area contributed by atoms with Crippen LogP contribution >= 0.6 is 0 Å². The Morgan fingerprint density at radius 2 is 1.79 bits per heavy atom. The number of hydrogen-bond donors (Lipinski definition) is 3. The van der Waals surface area contributed by atoms with Crippen LogP contribution in [-0.4, -0.2) is 29.9 Å². The molecule has 24 heavy (non-hydrogen) atoms. The minimum atomic E-state index is -0.142. The van der Waals surface area contributed by atoms with Crippen molar-refractivity contribution in [2.45, 2.75) is 32.6 Å². The lowest BCUT2D eigenvalue weighted by Crippen LogP contribution is -2.27. The van der Waals surface area contributed by atoms with Gasteiger partial charge >= 0.3 is 0 Å². The van der Waals surface area contributed by atoms with Crippen LogP contribution in [0.25, 0.3) is 10.9 Å². The van der Waals surface area contributed by atoms with Gasteiger partial charge < -0.3 is 15.6 Å². The highest BCUT2D eigenvalue weighted by Crippen LogP contribution is 2.10. The Morgan fingerprint density at radius 3 is 2.54 bits per heavy atom. The molecule has 0 bridgehead atoms. The summed E-state index contributed by atoms with van der Waals surface area (Å²) in [6, 6.07) is 9.42. The van der Waals surface area contributed by atoms with E-state index >= 15 is 0 Å². The van der Waals surface area contributed by atoms with Gasteiger partial charge in [0, 0.05) is 37.5 Å². The summed E-state index contributed by atoms with van der Waals surface area (Å²) >= 11 is 0. The number of pyridine rings is 1. The number of aryl methyl sites for hydroxylation is 1. The number of nitrogens with one attached hydrogen (secondary N) is 3. The summed E-state index contributed by atoms with van der Waals surface area (Å²) in [6.07, 6.45) is 2.33. The molecule has 2 aromatic rings. The topological polar surface area (TPSA) is 91.1 Å². The van der Waals surface area contributed by atoms with E-state index in [9.17, 15) is 14.4 Å². The van der Waals surface area contributed by atoms with Crippen molar-refractivity contribution in [3.8, 4) is 0 Å². The molecule has 128 valence electrons. The smallest absolute Gasteiger partial charge is 0.251 e. The second kappa shape index (κ2) is 8.86. The highest BCUT2D eigenvalue weighted by Gasteiger charge is 2.06. The zero-order valence-corrected chi connectivity index (χ0v) is 13.9. The standard InChI is InChI=1S/C18H23N3O3/c1-13(22)19-10-4-5-11-20-17(23)9-8-15-12-14-6-2-3-7-16(14)21-18(15)24/h2-3,6-7,12H,4-5,8-11H2,1H3,(H,19,22)(H,20,23)(H,21,24). The predicted molar refractivity (Wildman–Crippen MR) is 93.8 cm³/mol. The normalized spacial score (nSPS) is 10.5. The highest BCUT2D eigenvalue weighted by atomic mass is 16.2. The number of benzene rings is 1. The van der Waals surface area contributed by atoms with Gasteiger partial charge in [-0.25, -0.2) is 0 Å². The molecule has 3 N–H and O–H groups in total. The SMILES string of the molecule is CC(=O)NCCCCNC(=O)CCc1cc2ccccc2[nH]c1=O. The molecule has 0 fully saturated rings. The third-order valence-electron chi connectivity index (χ3n) is 3.75. The number of amides is 2. The van der Waals surface area contributed by atoms with E-state index in [1.807, 2.05) is 30.3 Å². The van der Waals surface area contributed by atoms with Crippen molar-refractivity contribution in [2.75, 3.05) is 13.1 Å². The van der Waals surface area contributed by atoms with E-state index in [1.54, 1.807) is 0 Å². The molecule has 1 aromatic carbocycles. The average molecular weight is 329 g/mol. The molecule has 1 heterocycles. The molecule has 6 nitrogen and oxygen atoms in total. The molecule has 2 amide bonds. The van der Waals surface area contributed by atoms with Crippen LogP contribution in [0.3, 0.4) is 0 Å². The summed E-state index contributed by atoms with van der Waals surface area (Å²) in [5.41, 5.74) is 1.28. The number of aromatic amines is 1. The third-order valence-corrected chi connectivity index (χ3v) is 3.75. The molecule has 0 spiro atoms. The van der Waals surface area contributed by atoms with Crippen LogP contribution in [0.4, 0.5) is 0 Å². The van der Waals surface area contributed by atoms with Gasteiger partial charge in [0.1, 0.15) is 0 Å². The van der Waals surface area contributed by atoms with Crippen LogP contribution in [0.1, 0.15) is 31.7 Å². The van der Waals surface area contributed by atoms with E-state index in [4.69, 9.17) is 0 Å². The monoisotopic (exact) mass is 329 g/mol. The zero-order valence-electron chi connectivity index (χ0n) is 13.9. The number of fused-ring (bicyclic) bond motifs is 1. The lowest BCUT2D eigenvalue weighted by Gasteiger charge is -2.06. The number of rotatable bonds is 8. The van der Waals surface area contributed by atoms with E-state index in [2.05, 4.69) is 15.6 Å². The van der Waals surface area contributed by atoms with E-state index in [1.165, 1.54) is 6.92 Å². The van der Waals surface area contributed by atoms with E-state index in [-0.39, 0.29) is 23.8 Å². The first-order valence-electron chi connectivity index (χ1n) is 8.18. The minimum Gasteiger partial charge on any atom is -0.356 e. The largest absolute Gasteiger partial charge is 0.356 e. The van der Waals surface area contributed by atoms with Crippen molar-refractivity contribution in [3.05, 3.63) is 46.2 Å². The van der Waals surface area contributed by atoms with Gasteiger partial charge in [0.05, 0.1) is 0 Å².